The van der Waals surface area contributed by atoms with E-state index in [1.54, 1.807) is 0 Å². The number of hydrogen-bond donors (Lipinski definition) is 1. The molecule has 2 rings (SSSR count). The Morgan fingerprint density at radius 2 is 2.00 bits per heavy atom. The average molecular weight is 254 g/mol. The fourth-order valence-electron chi connectivity index (χ4n) is 3.06. The Bertz CT molecular complexity index is 235. The van der Waals surface area contributed by atoms with E-state index in [0.717, 1.165) is 12.5 Å². The van der Waals surface area contributed by atoms with Gasteiger partial charge in [-0.25, -0.2) is 0 Å². The summed E-state index contributed by atoms with van der Waals surface area (Å²) in [4.78, 5) is 2.70. The summed E-state index contributed by atoms with van der Waals surface area (Å²) >= 11 is 0. The van der Waals surface area contributed by atoms with Crippen molar-refractivity contribution in [1.82, 2.24) is 10.2 Å². The maximum Gasteiger partial charge on any atom is 0.0620 e. The number of nitrogens with zero attached hydrogens (tertiary/aromatic N) is 1. The Labute approximate surface area is 112 Å². The normalized spacial score (nSPS) is 26.2. The van der Waals surface area contributed by atoms with Gasteiger partial charge in [-0.05, 0) is 44.1 Å². The molecule has 1 saturated heterocycles. The summed E-state index contributed by atoms with van der Waals surface area (Å²) < 4.78 is 5.45. The number of hydrogen-bond acceptors (Lipinski definition) is 3. The van der Waals surface area contributed by atoms with Crippen LogP contribution in [0.1, 0.15) is 39.5 Å². The van der Waals surface area contributed by atoms with E-state index in [9.17, 15) is 0 Å². The molecule has 0 aromatic carbocycles. The molecule has 0 aromatic rings. The quantitative estimate of drug-likeness (QED) is 0.718. The van der Waals surface area contributed by atoms with E-state index in [-0.39, 0.29) is 0 Å². The van der Waals surface area contributed by atoms with Crippen molar-refractivity contribution in [2.45, 2.75) is 51.6 Å². The minimum Gasteiger partial charge on any atom is -0.383 e. The summed E-state index contributed by atoms with van der Waals surface area (Å²) in [6.07, 6.45) is 5.57. The van der Waals surface area contributed by atoms with Crippen LogP contribution in [0.4, 0.5) is 0 Å². The highest BCUT2D eigenvalue weighted by atomic mass is 16.5. The molecule has 18 heavy (non-hydrogen) atoms. The van der Waals surface area contributed by atoms with E-state index < -0.39 is 0 Å². The molecule has 0 aromatic heterocycles. The summed E-state index contributed by atoms with van der Waals surface area (Å²) in [5, 5.41) is 3.63. The first kappa shape index (κ1) is 14.3. The molecule has 1 aliphatic heterocycles. The summed E-state index contributed by atoms with van der Waals surface area (Å²) in [6, 6.07) is 1.29. The van der Waals surface area contributed by atoms with Crippen molar-refractivity contribution in [3.63, 3.8) is 0 Å². The minimum atomic E-state index is 0.581. The first-order valence-electron chi connectivity index (χ1n) is 7.67. The summed E-state index contributed by atoms with van der Waals surface area (Å²) in [7, 11) is 1.83. The third kappa shape index (κ3) is 4.22. The monoisotopic (exact) mass is 254 g/mol. The Balaban J connectivity index is 1.91. The number of nitrogens with one attached hydrogen (secondary N) is 1. The highest BCUT2D eigenvalue weighted by molar-refractivity contribution is 4.86. The molecule has 3 heteroatoms. The summed E-state index contributed by atoms with van der Waals surface area (Å²) in [6.45, 7) is 9.22. The van der Waals surface area contributed by atoms with Crippen LogP contribution < -0.4 is 5.32 Å². The van der Waals surface area contributed by atoms with Gasteiger partial charge in [0.05, 0.1) is 6.61 Å². The third-order valence-electron chi connectivity index (χ3n) is 4.38. The van der Waals surface area contributed by atoms with Crippen LogP contribution in [-0.4, -0.2) is 50.3 Å². The first-order valence-corrected chi connectivity index (χ1v) is 7.67. The Kier molecular flexibility index (Phi) is 5.46. The number of rotatable bonds is 8. The lowest BCUT2D eigenvalue weighted by atomic mass is 10.0. The van der Waals surface area contributed by atoms with Gasteiger partial charge in [0.1, 0.15) is 0 Å². The third-order valence-corrected chi connectivity index (χ3v) is 4.38. The molecule has 2 unspecified atom stereocenters. The van der Waals surface area contributed by atoms with Crippen LogP contribution in [0.5, 0.6) is 0 Å². The predicted octanol–water partition coefficient (Wildman–Crippen LogP) is 2.12. The van der Waals surface area contributed by atoms with Crippen LogP contribution in [0.25, 0.3) is 0 Å². The first-order chi connectivity index (χ1) is 8.70. The smallest absolute Gasteiger partial charge is 0.0620 e. The van der Waals surface area contributed by atoms with Gasteiger partial charge in [0.25, 0.3) is 0 Å². The fraction of sp³-hybridized carbons (Fsp3) is 1.00. The number of methoxy groups -OCH3 is 1. The topological polar surface area (TPSA) is 24.5 Å². The molecule has 2 atom stereocenters. The molecular weight excluding hydrogens is 224 g/mol. The standard InChI is InChI=1S/C15H30N2O/c1-12(2)15(11-18-3)17(9-13-6-7-13)10-14-5-4-8-16-14/h12-16H,4-11H2,1-3H3. The van der Waals surface area contributed by atoms with Crippen LogP contribution in [0.15, 0.2) is 0 Å². The molecule has 1 N–H and O–H groups in total. The van der Waals surface area contributed by atoms with Gasteiger partial charge in [0, 0.05) is 32.3 Å². The van der Waals surface area contributed by atoms with Crippen molar-refractivity contribution in [3.8, 4) is 0 Å². The highest BCUT2D eigenvalue weighted by Gasteiger charge is 2.31. The second kappa shape index (κ2) is 6.88. The zero-order valence-corrected chi connectivity index (χ0v) is 12.3. The zero-order chi connectivity index (χ0) is 13.0. The van der Waals surface area contributed by atoms with Gasteiger partial charge in [-0.2, -0.15) is 0 Å². The summed E-state index contributed by atoms with van der Waals surface area (Å²) in [5.41, 5.74) is 0. The molecule has 2 aliphatic rings. The second-order valence-electron chi connectivity index (χ2n) is 6.46. The number of ether oxygens (including phenoxy) is 1. The van der Waals surface area contributed by atoms with E-state index in [2.05, 4.69) is 24.1 Å². The van der Waals surface area contributed by atoms with Gasteiger partial charge < -0.3 is 10.1 Å². The van der Waals surface area contributed by atoms with Gasteiger partial charge in [0.15, 0.2) is 0 Å². The van der Waals surface area contributed by atoms with Crippen LogP contribution in [-0.2, 0) is 4.74 Å². The van der Waals surface area contributed by atoms with Crippen LogP contribution in [0.3, 0.4) is 0 Å². The van der Waals surface area contributed by atoms with Crippen molar-refractivity contribution < 1.29 is 4.74 Å². The highest BCUT2D eigenvalue weighted by Crippen LogP contribution is 2.31. The maximum atomic E-state index is 5.45. The molecule has 1 saturated carbocycles. The van der Waals surface area contributed by atoms with Gasteiger partial charge in [-0.1, -0.05) is 13.8 Å². The Morgan fingerprint density at radius 1 is 1.22 bits per heavy atom. The molecule has 0 bridgehead atoms. The predicted molar refractivity (Wildman–Crippen MR) is 75.8 cm³/mol. The summed E-state index contributed by atoms with van der Waals surface area (Å²) in [5.74, 6) is 1.63. The van der Waals surface area contributed by atoms with Crippen molar-refractivity contribution in [2.75, 3.05) is 33.4 Å². The van der Waals surface area contributed by atoms with E-state index in [4.69, 9.17) is 4.74 Å². The molecule has 1 aliphatic carbocycles. The molecule has 2 fully saturated rings. The molecule has 0 radical (unpaired) electrons. The Hall–Kier alpha value is -0.120. The zero-order valence-electron chi connectivity index (χ0n) is 12.3. The van der Waals surface area contributed by atoms with Crippen LogP contribution >= 0.6 is 0 Å². The Morgan fingerprint density at radius 3 is 2.50 bits per heavy atom. The van der Waals surface area contributed by atoms with Crippen molar-refractivity contribution >= 4 is 0 Å². The lowest BCUT2D eigenvalue weighted by Gasteiger charge is -2.36. The van der Waals surface area contributed by atoms with E-state index in [1.807, 2.05) is 7.11 Å². The van der Waals surface area contributed by atoms with Gasteiger partial charge in [-0.3, -0.25) is 4.90 Å². The lowest BCUT2D eigenvalue weighted by molar-refractivity contribution is 0.0560. The largest absolute Gasteiger partial charge is 0.383 e. The SMILES string of the molecule is COCC(C(C)C)N(CC1CC1)CC1CCCN1. The van der Waals surface area contributed by atoms with Crippen LogP contribution in [0, 0.1) is 11.8 Å². The van der Waals surface area contributed by atoms with E-state index in [0.29, 0.717) is 18.0 Å². The minimum absolute atomic E-state index is 0.581. The van der Waals surface area contributed by atoms with Gasteiger partial charge in [0.2, 0.25) is 0 Å². The van der Waals surface area contributed by atoms with Crippen molar-refractivity contribution in [3.05, 3.63) is 0 Å². The maximum absolute atomic E-state index is 5.45. The van der Waals surface area contributed by atoms with Gasteiger partial charge in [-0.15, -0.1) is 0 Å². The molecule has 0 amide bonds. The molecular formula is C15H30N2O. The molecule has 3 nitrogen and oxygen atoms in total. The van der Waals surface area contributed by atoms with Crippen LogP contribution in [0.2, 0.25) is 0 Å². The lowest BCUT2D eigenvalue weighted by Crippen LogP contribution is -2.48. The van der Waals surface area contributed by atoms with E-state index >= 15 is 0 Å². The molecule has 0 spiro atoms. The van der Waals surface area contributed by atoms with E-state index in [1.165, 1.54) is 45.3 Å². The molecule has 1 heterocycles. The molecule has 106 valence electrons. The van der Waals surface area contributed by atoms with Gasteiger partial charge >= 0.3 is 0 Å². The fourth-order valence-corrected chi connectivity index (χ4v) is 3.06. The van der Waals surface area contributed by atoms with Crippen molar-refractivity contribution in [1.29, 1.82) is 0 Å². The van der Waals surface area contributed by atoms with Crippen molar-refractivity contribution in [2.24, 2.45) is 11.8 Å². The second-order valence-corrected chi connectivity index (χ2v) is 6.46. The average Bonchev–Trinajstić information content (AvgIpc) is 2.99.